The van der Waals surface area contributed by atoms with Crippen LogP contribution in [0.5, 0.6) is 0 Å². The number of hydrogen-bond acceptors (Lipinski definition) is 5. The van der Waals surface area contributed by atoms with Crippen molar-refractivity contribution >= 4 is 17.3 Å². The molecule has 0 bridgehead atoms. The average molecular weight is 305 g/mol. The number of hydrogen-bond donors (Lipinski definition) is 0. The van der Waals surface area contributed by atoms with E-state index in [1.807, 2.05) is 0 Å². The number of aryl methyl sites for hydroxylation is 1. The van der Waals surface area contributed by atoms with E-state index >= 15 is 0 Å². The minimum atomic E-state index is -4.74. The van der Waals surface area contributed by atoms with Crippen LogP contribution in [0.15, 0.2) is 11.6 Å². The van der Waals surface area contributed by atoms with Crippen LogP contribution in [-0.2, 0) is 10.9 Å². The van der Waals surface area contributed by atoms with Crippen molar-refractivity contribution in [1.82, 2.24) is 14.8 Å². The maximum Gasteiger partial charge on any atom is 0.434 e. The number of aromatic nitrogens is 3. The Hall–Kier alpha value is -1.90. The van der Waals surface area contributed by atoms with Crippen molar-refractivity contribution in [3.63, 3.8) is 0 Å². The molecule has 2 aromatic heterocycles. The van der Waals surface area contributed by atoms with Gasteiger partial charge in [0.15, 0.2) is 11.5 Å². The maximum atomic E-state index is 13.1. The van der Waals surface area contributed by atoms with Gasteiger partial charge in [0.2, 0.25) is 0 Å². The molecule has 2 rings (SSSR count). The van der Waals surface area contributed by atoms with Gasteiger partial charge < -0.3 is 4.74 Å². The second kappa shape index (κ2) is 5.23. The smallest absolute Gasteiger partial charge is 0.434 e. The number of nitrogens with zero attached hydrogens (tertiary/aromatic N) is 3. The Labute approximate surface area is 116 Å². The van der Waals surface area contributed by atoms with Gasteiger partial charge in [0.05, 0.1) is 17.8 Å². The van der Waals surface area contributed by atoms with Crippen LogP contribution in [0.2, 0.25) is 0 Å². The monoisotopic (exact) mass is 305 g/mol. The average Bonchev–Trinajstić information content (AvgIpc) is 2.93. The van der Waals surface area contributed by atoms with Gasteiger partial charge in [-0.05, 0) is 13.8 Å². The molecule has 0 aliphatic heterocycles. The fourth-order valence-electron chi connectivity index (χ4n) is 1.60. The summed E-state index contributed by atoms with van der Waals surface area (Å²) in [4.78, 5) is 15.5. The summed E-state index contributed by atoms with van der Waals surface area (Å²) in [6, 6.07) is 0. The van der Waals surface area contributed by atoms with Crippen LogP contribution in [0.1, 0.15) is 28.0 Å². The Kier molecular flexibility index (Phi) is 3.80. The van der Waals surface area contributed by atoms with Crippen LogP contribution in [0, 0.1) is 6.92 Å². The first-order valence-corrected chi connectivity index (χ1v) is 6.47. The van der Waals surface area contributed by atoms with Crippen LogP contribution >= 0.6 is 11.3 Å². The summed E-state index contributed by atoms with van der Waals surface area (Å²) in [7, 11) is 0. The first kappa shape index (κ1) is 14.5. The molecule has 0 aliphatic carbocycles. The molecular weight excluding hydrogens is 295 g/mol. The zero-order valence-electron chi connectivity index (χ0n) is 10.6. The first-order valence-electron chi connectivity index (χ1n) is 5.59. The van der Waals surface area contributed by atoms with Crippen molar-refractivity contribution in [3.8, 4) is 5.82 Å². The van der Waals surface area contributed by atoms with Gasteiger partial charge in [-0.25, -0.2) is 14.5 Å². The lowest BCUT2D eigenvalue weighted by molar-refractivity contribution is -0.143. The van der Waals surface area contributed by atoms with Crippen LogP contribution < -0.4 is 0 Å². The van der Waals surface area contributed by atoms with E-state index in [1.54, 1.807) is 6.92 Å². The number of carbonyl (C=O) groups excluding carboxylic acids is 1. The SMILES string of the molecule is CCOC(=O)c1cnn(-c2csc(C)n2)c1C(F)(F)F. The highest BCUT2D eigenvalue weighted by Crippen LogP contribution is 2.34. The van der Waals surface area contributed by atoms with Gasteiger partial charge in [-0.15, -0.1) is 11.3 Å². The maximum absolute atomic E-state index is 13.1. The molecule has 0 aliphatic rings. The summed E-state index contributed by atoms with van der Waals surface area (Å²) >= 11 is 1.19. The molecule has 5 nitrogen and oxygen atoms in total. The second-order valence-electron chi connectivity index (χ2n) is 3.76. The lowest BCUT2D eigenvalue weighted by Gasteiger charge is -2.10. The molecule has 0 spiro atoms. The summed E-state index contributed by atoms with van der Waals surface area (Å²) in [6.45, 7) is 3.16. The van der Waals surface area contributed by atoms with E-state index in [0.29, 0.717) is 9.69 Å². The van der Waals surface area contributed by atoms with Gasteiger partial charge in [-0.3, -0.25) is 0 Å². The molecule has 108 valence electrons. The molecule has 9 heteroatoms. The highest BCUT2D eigenvalue weighted by Gasteiger charge is 2.41. The van der Waals surface area contributed by atoms with E-state index in [9.17, 15) is 18.0 Å². The van der Waals surface area contributed by atoms with E-state index in [4.69, 9.17) is 0 Å². The zero-order valence-corrected chi connectivity index (χ0v) is 11.4. The molecule has 2 heterocycles. The Morgan fingerprint density at radius 1 is 1.50 bits per heavy atom. The minimum absolute atomic E-state index is 0.0167. The Bertz CT molecular complexity index is 633. The fourth-order valence-corrected chi connectivity index (χ4v) is 2.18. The number of thiazole rings is 1. The molecule has 0 N–H and O–H groups in total. The van der Waals surface area contributed by atoms with Gasteiger partial charge in [0.25, 0.3) is 0 Å². The molecule has 0 aromatic carbocycles. The summed E-state index contributed by atoms with van der Waals surface area (Å²) in [5, 5.41) is 5.64. The van der Waals surface area contributed by atoms with E-state index in [-0.39, 0.29) is 12.4 Å². The molecule has 0 saturated carbocycles. The number of carbonyl (C=O) groups is 1. The van der Waals surface area contributed by atoms with Gasteiger partial charge in [0.1, 0.15) is 5.56 Å². The normalized spacial score (nSPS) is 11.7. The van der Waals surface area contributed by atoms with Crippen LogP contribution in [0.3, 0.4) is 0 Å². The fraction of sp³-hybridized carbons (Fsp3) is 0.364. The molecule has 2 aromatic rings. The summed E-state index contributed by atoms with van der Waals surface area (Å²) in [5.41, 5.74) is -1.80. The molecule has 0 saturated heterocycles. The van der Waals surface area contributed by atoms with Crippen LogP contribution in [0.25, 0.3) is 5.82 Å². The quantitative estimate of drug-likeness (QED) is 0.818. The van der Waals surface area contributed by atoms with Gasteiger partial charge >= 0.3 is 12.1 Å². The predicted molar refractivity (Wildman–Crippen MR) is 64.9 cm³/mol. The summed E-state index contributed by atoms with van der Waals surface area (Å²) in [5.74, 6) is -1.03. The molecule has 0 atom stereocenters. The highest BCUT2D eigenvalue weighted by molar-refractivity contribution is 7.09. The summed E-state index contributed by atoms with van der Waals surface area (Å²) in [6.07, 6.45) is -3.90. The standard InChI is InChI=1S/C11H10F3N3O2S/c1-3-19-10(18)7-4-15-17(9(7)11(12,13)14)8-5-20-6(2)16-8/h4-5H,3H2,1-2H3. The van der Waals surface area contributed by atoms with Gasteiger partial charge in [-0.1, -0.05) is 0 Å². The van der Waals surface area contributed by atoms with E-state index < -0.39 is 23.4 Å². The third-order valence-corrected chi connectivity index (χ3v) is 3.12. The molecular formula is C11H10F3N3O2S. The number of ether oxygens (including phenoxy) is 1. The number of halogens is 3. The van der Waals surface area contributed by atoms with Crippen molar-refractivity contribution in [2.75, 3.05) is 6.61 Å². The Balaban J connectivity index is 2.57. The van der Waals surface area contributed by atoms with Crippen LogP contribution in [0.4, 0.5) is 13.2 Å². The third-order valence-electron chi connectivity index (χ3n) is 2.36. The summed E-state index contributed by atoms with van der Waals surface area (Å²) < 4.78 is 44.6. The van der Waals surface area contributed by atoms with E-state index in [0.717, 1.165) is 6.20 Å². The minimum Gasteiger partial charge on any atom is -0.462 e. The Morgan fingerprint density at radius 2 is 2.20 bits per heavy atom. The molecule has 0 fully saturated rings. The van der Waals surface area contributed by atoms with Gasteiger partial charge in [0, 0.05) is 5.38 Å². The van der Waals surface area contributed by atoms with Crippen LogP contribution in [-0.4, -0.2) is 27.3 Å². The van der Waals surface area contributed by atoms with Crippen molar-refractivity contribution < 1.29 is 22.7 Å². The molecule has 0 amide bonds. The third kappa shape index (κ3) is 2.67. The lowest BCUT2D eigenvalue weighted by Crippen LogP contribution is -2.18. The first-order chi connectivity index (χ1) is 9.34. The largest absolute Gasteiger partial charge is 0.462 e. The number of esters is 1. The second-order valence-corrected chi connectivity index (χ2v) is 4.82. The zero-order chi connectivity index (χ0) is 14.9. The molecule has 20 heavy (non-hydrogen) atoms. The van der Waals surface area contributed by atoms with Gasteiger partial charge in [-0.2, -0.15) is 18.3 Å². The van der Waals surface area contributed by atoms with Crippen molar-refractivity contribution in [2.45, 2.75) is 20.0 Å². The van der Waals surface area contributed by atoms with E-state index in [1.165, 1.54) is 23.6 Å². The van der Waals surface area contributed by atoms with Crippen molar-refractivity contribution in [3.05, 3.63) is 27.8 Å². The Morgan fingerprint density at radius 3 is 2.70 bits per heavy atom. The molecule has 0 unspecified atom stereocenters. The number of alkyl halides is 3. The van der Waals surface area contributed by atoms with Crippen molar-refractivity contribution in [1.29, 1.82) is 0 Å². The van der Waals surface area contributed by atoms with E-state index in [2.05, 4.69) is 14.8 Å². The predicted octanol–water partition coefficient (Wildman–Crippen LogP) is 2.83. The molecule has 0 radical (unpaired) electrons. The topological polar surface area (TPSA) is 57.0 Å². The highest BCUT2D eigenvalue weighted by atomic mass is 32.1. The van der Waals surface area contributed by atoms with Crippen molar-refractivity contribution in [2.24, 2.45) is 0 Å². The lowest BCUT2D eigenvalue weighted by atomic mass is 10.2. The number of rotatable bonds is 3.